The lowest BCUT2D eigenvalue weighted by molar-refractivity contribution is -0.144. The Morgan fingerprint density at radius 2 is 1.85 bits per heavy atom. The number of hydrogen-bond acceptors (Lipinski definition) is 4. The fraction of sp³-hybridized carbons (Fsp3) is 0.500. The Balaban J connectivity index is 1.97. The highest BCUT2D eigenvalue weighted by Crippen LogP contribution is 2.36. The van der Waals surface area contributed by atoms with Gasteiger partial charge in [0.2, 0.25) is 0 Å². The molecule has 144 valence electrons. The van der Waals surface area contributed by atoms with Crippen LogP contribution >= 0.6 is 0 Å². The maximum atomic E-state index is 13.8. The molecule has 0 bridgehead atoms. The SMILES string of the molecule is CCOC(=O)CN1CCN(C(=O)Nc2c(F)cccc2C(F)(F)F)CC1. The normalized spacial score (nSPS) is 15.7. The number of piperazine rings is 1. The molecule has 6 nitrogen and oxygen atoms in total. The molecule has 0 aliphatic carbocycles. The highest BCUT2D eigenvalue weighted by atomic mass is 19.4. The zero-order valence-corrected chi connectivity index (χ0v) is 14.1. The number of anilines is 1. The summed E-state index contributed by atoms with van der Waals surface area (Å²) in [5.41, 5.74) is -2.13. The molecule has 0 saturated carbocycles. The maximum absolute atomic E-state index is 13.8. The smallest absolute Gasteiger partial charge is 0.418 e. The van der Waals surface area contributed by atoms with Crippen LogP contribution in [0.2, 0.25) is 0 Å². The van der Waals surface area contributed by atoms with E-state index in [2.05, 4.69) is 0 Å². The molecule has 0 aromatic heterocycles. The number of esters is 1. The van der Waals surface area contributed by atoms with E-state index < -0.39 is 29.3 Å². The molecule has 0 atom stereocenters. The number of hydrogen-bond donors (Lipinski definition) is 1. The minimum atomic E-state index is -4.79. The molecule has 1 fully saturated rings. The number of alkyl halides is 3. The molecule has 1 aliphatic rings. The van der Waals surface area contributed by atoms with Gasteiger partial charge in [-0.1, -0.05) is 6.07 Å². The Morgan fingerprint density at radius 1 is 1.19 bits per heavy atom. The van der Waals surface area contributed by atoms with Crippen LogP contribution in [0.25, 0.3) is 0 Å². The summed E-state index contributed by atoms with van der Waals surface area (Å²) in [6, 6.07) is 1.66. The standard InChI is InChI=1S/C16H19F4N3O3/c1-2-26-13(24)10-22-6-8-23(9-7-22)15(25)21-14-11(16(18,19)20)4-3-5-12(14)17/h3-5H,2,6-10H2,1H3,(H,21,25). The summed E-state index contributed by atoms with van der Waals surface area (Å²) in [6.07, 6.45) is -4.79. The number of nitrogens with one attached hydrogen (secondary N) is 1. The molecule has 1 aromatic rings. The highest BCUT2D eigenvalue weighted by molar-refractivity contribution is 5.90. The molecule has 0 radical (unpaired) electrons. The van der Waals surface area contributed by atoms with Gasteiger partial charge in [-0.25, -0.2) is 9.18 Å². The van der Waals surface area contributed by atoms with Crippen LogP contribution in [-0.2, 0) is 15.7 Å². The van der Waals surface area contributed by atoms with Gasteiger partial charge in [0.15, 0.2) is 0 Å². The van der Waals surface area contributed by atoms with Crippen LogP contribution in [0, 0.1) is 5.82 Å². The van der Waals surface area contributed by atoms with Gasteiger partial charge in [0.25, 0.3) is 0 Å². The first-order chi connectivity index (χ1) is 12.2. The van der Waals surface area contributed by atoms with Gasteiger partial charge in [-0.2, -0.15) is 13.2 Å². The van der Waals surface area contributed by atoms with Gasteiger partial charge in [-0.3, -0.25) is 9.69 Å². The predicted octanol–water partition coefficient (Wildman–Crippen LogP) is 2.56. The predicted molar refractivity (Wildman–Crippen MR) is 85.1 cm³/mol. The lowest BCUT2D eigenvalue weighted by atomic mass is 10.1. The second-order valence-corrected chi connectivity index (χ2v) is 5.66. The van der Waals surface area contributed by atoms with Crippen LogP contribution in [0.5, 0.6) is 0 Å². The second-order valence-electron chi connectivity index (χ2n) is 5.66. The van der Waals surface area contributed by atoms with E-state index in [-0.39, 0.29) is 32.2 Å². The molecule has 1 aromatic carbocycles. The van der Waals surface area contributed by atoms with Crippen molar-refractivity contribution >= 4 is 17.7 Å². The quantitative estimate of drug-likeness (QED) is 0.647. The number of ether oxygens (including phenoxy) is 1. The molecule has 1 saturated heterocycles. The van der Waals surface area contributed by atoms with E-state index in [0.29, 0.717) is 19.2 Å². The van der Waals surface area contributed by atoms with Crippen LogP contribution in [0.15, 0.2) is 18.2 Å². The first-order valence-corrected chi connectivity index (χ1v) is 8.02. The molecular formula is C16H19F4N3O3. The Hall–Kier alpha value is -2.36. The minimum Gasteiger partial charge on any atom is -0.465 e. The van der Waals surface area contributed by atoms with Crippen LogP contribution in [0.1, 0.15) is 12.5 Å². The summed E-state index contributed by atoms with van der Waals surface area (Å²) in [5.74, 6) is -1.54. The van der Waals surface area contributed by atoms with Crippen LogP contribution < -0.4 is 5.32 Å². The van der Waals surface area contributed by atoms with Gasteiger partial charge in [0.1, 0.15) is 5.82 Å². The highest BCUT2D eigenvalue weighted by Gasteiger charge is 2.35. The van der Waals surface area contributed by atoms with Gasteiger partial charge < -0.3 is 15.0 Å². The van der Waals surface area contributed by atoms with E-state index >= 15 is 0 Å². The third-order valence-corrected chi connectivity index (χ3v) is 3.87. The average Bonchev–Trinajstić information content (AvgIpc) is 2.56. The van der Waals surface area contributed by atoms with Crippen LogP contribution in [-0.4, -0.2) is 61.1 Å². The Kier molecular flexibility index (Phi) is 6.41. The van der Waals surface area contributed by atoms with E-state index in [1.54, 1.807) is 11.8 Å². The summed E-state index contributed by atoms with van der Waals surface area (Å²) in [5, 5.41) is 2.01. The van der Waals surface area contributed by atoms with Gasteiger partial charge in [0, 0.05) is 26.2 Å². The molecule has 2 rings (SSSR count). The number of carbonyl (C=O) groups is 2. The van der Waals surface area contributed by atoms with Gasteiger partial charge in [-0.05, 0) is 19.1 Å². The number of carbonyl (C=O) groups excluding carboxylic acids is 2. The van der Waals surface area contributed by atoms with Crippen molar-refractivity contribution in [2.45, 2.75) is 13.1 Å². The molecule has 1 heterocycles. The second kappa shape index (κ2) is 8.35. The average molecular weight is 377 g/mol. The molecule has 1 N–H and O–H groups in total. The minimum absolute atomic E-state index is 0.0782. The third-order valence-electron chi connectivity index (χ3n) is 3.87. The number of urea groups is 1. The van der Waals surface area contributed by atoms with Gasteiger partial charge in [-0.15, -0.1) is 0 Å². The summed E-state index contributed by atoms with van der Waals surface area (Å²) in [7, 11) is 0. The summed E-state index contributed by atoms with van der Waals surface area (Å²) in [6.45, 7) is 3.14. The van der Waals surface area contributed by atoms with E-state index in [4.69, 9.17) is 4.74 Å². The van der Waals surface area contributed by atoms with Crippen molar-refractivity contribution < 1.29 is 31.9 Å². The molecule has 26 heavy (non-hydrogen) atoms. The zero-order chi connectivity index (χ0) is 19.3. The van der Waals surface area contributed by atoms with E-state index in [9.17, 15) is 27.2 Å². The van der Waals surface area contributed by atoms with Crippen molar-refractivity contribution in [3.63, 3.8) is 0 Å². The lowest BCUT2D eigenvalue weighted by Gasteiger charge is -2.34. The number of para-hydroxylation sites is 1. The van der Waals surface area contributed by atoms with Gasteiger partial charge >= 0.3 is 18.2 Å². The first-order valence-electron chi connectivity index (χ1n) is 8.02. The number of benzene rings is 1. The molecule has 2 amide bonds. The van der Waals surface area contributed by atoms with E-state index in [0.717, 1.165) is 12.1 Å². The Labute approximate surface area is 147 Å². The Bertz CT molecular complexity index is 659. The summed E-state index contributed by atoms with van der Waals surface area (Å²) in [4.78, 5) is 26.7. The number of amides is 2. The zero-order valence-electron chi connectivity index (χ0n) is 14.1. The number of halogens is 4. The third kappa shape index (κ3) is 5.07. The van der Waals surface area contributed by atoms with Crippen molar-refractivity contribution in [1.29, 1.82) is 0 Å². The molecule has 1 aliphatic heterocycles. The topological polar surface area (TPSA) is 61.9 Å². The fourth-order valence-corrected chi connectivity index (χ4v) is 2.57. The van der Waals surface area contributed by atoms with E-state index in [1.807, 2.05) is 5.32 Å². The maximum Gasteiger partial charge on any atom is 0.418 e. The Morgan fingerprint density at radius 3 is 2.42 bits per heavy atom. The van der Waals surface area contributed by atoms with Crippen LogP contribution in [0.4, 0.5) is 28.0 Å². The monoisotopic (exact) mass is 377 g/mol. The van der Waals surface area contributed by atoms with Gasteiger partial charge in [0.05, 0.1) is 24.4 Å². The summed E-state index contributed by atoms with van der Waals surface area (Å²) >= 11 is 0. The van der Waals surface area contributed by atoms with Crippen molar-refractivity contribution in [3.8, 4) is 0 Å². The fourth-order valence-electron chi connectivity index (χ4n) is 2.57. The first kappa shape index (κ1) is 20.0. The molecular weight excluding hydrogens is 358 g/mol. The number of nitrogens with zero attached hydrogens (tertiary/aromatic N) is 2. The molecule has 10 heteroatoms. The lowest BCUT2D eigenvalue weighted by Crippen LogP contribution is -2.51. The van der Waals surface area contributed by atoms with Crippen LogP contribution in [0.3, 0.4) is 0 Å². The number of rotatable bonds is 4. The van der Waals surface area contributed by atoms with Crippen molar-refractivity contribution in [2.75, 3.05) is 44.6 Å². The van der Waals surface area contributed by atoms with Crippen molar-refractivity contribution in [2.24, 2.45) is 0 Å². The molecule has 0 spiro atoms. The largest absolute Gasteiger partial charge is 0.465 e. The van der Waals surface area contributed by atoms with Crippen molar-refractivity contribution in [3.05, 3.63) is 29.6 Å². The van der Waals surface area contributed by atoms with E-state index in [1.165, 1.54) is 4.90 Å². The summed E-state index contributed by atoms with van der Waals surface area (Å²) < 4.78 is 57.6. The molecule has 0 unspecified atom stereocenters. The van der Waals surface area contributed by atoms with Crippen molar-refractivity contribution in [1.82, 2.24) is 9.80 Å².